The van der Waals surface area contributed by atoms with Crippen LogP contribution in [0.5, 0.6) is 0 Å². The first kappa shape index (κ1) is 36.8. The highest BCUT2D eigenvalue weighted by Gasteiger charge is 2.30. The number of benzene rings is 3. The third kappa shape index (κ3) is 9.03. The van der Waals surface area contributed by atoms with Crippen LogP contribution in [0.15, 0.2) is 91.3 Å². The molecule has 0 radical (unpaired) electrons. The van der Waals surface area contributed by atoms with Crippen LogP contribution in [-0.4, -0.2) is 44.9 Å². The van der Waals surface area contributed by atoms with Crippen molar-refractivity contribution in [3.05, 3.63) is 118 Å². The lowest BCUT2D eigenvalue weighted by Crippen LogP contribution is -2.51. The van der Waals surface area contributed by atoms with E-state index in [2.05, 4.69) is 20.6 Å². The van der Waals surface area contributed by atoms with Crippen molar-refractivity contribution in [1.29, 1.82) is 0 Å². The largest absolute Gasteiger partial charge is 0.480 e. The number of aliphatic carboxylic acids is 1. The first-order chi connectivity index (χ1) is 24.0. The maximum atomic E-state index is 15.1. The van der Waals surface area contributed by atoms with E-state index in [-0.39, 0.29) is 17.4 Å². The lowest BCUT2D eigenvalue weighted by atomic mass is 9.95. The van der Waals surface area contributed by atoms with Crippen LogP contribution in [0.2, 0.25) is 0 Å². The second-order valence-corrected chi connectivity index (χ2v) is 14.1. The first-order valence-electron chi connectivity index (χ1n) is 15.8. The van der Waals surface area contributed by atoms with Crippen molar-refractivity contribution in [3.8, 4) is 33.6 Å². The molecule has 0 aliphatic rings. The van der Waals surface area contributed by atoms with E-state index < -0.39 is 47.4 Å². The van der Waals surface area contributed by atoms with Crippen molar-refractivity contribution in [1.82, 2.24) is 20.6 Å². The van der Waals surface area contributed by atoms with Gasteiger partial charge in [0.05, 0.1) is 10.4 Å². The molecular formula is C38H34F4N4O4S. The Balaban J connectivity index is 1.29. The molecule has 13 heteroatoms. The number of carbonyl (C=O) groups excluding carboxylic acids is 2. The molecule has 0 saturated heterocycles. The van der Waals surface area contributed by atoms with Crippen molar-refractivity contribution in [2.24, 2.45) is 0 Å². The lowest BCUT2D eigenvalue weighted by Gasteiger charge is -2.20. The smallest absolute Gasteiger partial charge is 0.416 e. The van der Waals surface area contributed by atoms with Crippen molar-refractivity contribution in [2.75, 3.05) is 0 Å². The van der Waals surface area contributed by atoms with Gasteiger partial charge in [0.2, 0.25) is 5.91 Å². The number of carboxylic acid groups (broad SMARTS) is 1. The number of hydrogen-bond acceptors (Lipinski definition) is 6. The van der Waals surface area contributed by atoms with E-state index >= 15 is 4.39 Å². The van der Waals surface area contributed by atoms with Gasteiger partial charge in [-0.1, -0.05) is 69.3 Å². The van der Waals surface area contributed by atoms with Gasteiger partial charge in [-0.05, 0) is 59.4 Å². The third-order valence-corrected chi connectivity index (χ3v) is 9.56. The molecule has 264 valence electrons. The van der Waals surface area contributed by atoms with Gasteiger partial charge in [0.15, 0.2) is 5.82 Å². The first-order valence-corrected chi connectivity index (χ1v) is 16.6. The Morgan fingerprint density at radius 3 is 1.96 bits per heavy atom. The van der Waals surface area contributed by atoms with E-state index in [0.717, 1.165) is 17.0 Å². The van der Waals surface area contributed by atoms with Crippen LogP contribution >= 0.6 is 11.3 Å². The molecule has 0 bridgehead atoms. The van der Waals surface area contributed by atoms with Crippen LogP contribution in [0.4, 0.5) is 17.6 Å². The number of aromatic nitrogens is 2. The SMILES string of the molecule is C[C@@H](NC(=O)[C@H](Cc1ccc(-c2ncc(-c3ccc(-c4ccc(C(F)(F)F)cc4)cc3F)cn2)cc1)NC(=O)c1ccc(C(C)(C)C)s1)C(=O)O. The van der Waals surface area contributed by atoms with E-state index in [0.29, 0.717) is 38.5 Å². The fourth-order valence-corrected chi connectivity index (χ4v) is 6.07. The van der Waals surface area contributed by atoms with Gasteiger partial charge < -0.3 is 15.7 Å². The molecule has 2 aromatic heterocycles. The molecule has 3 N–H and O–H groups in total. The van der Waals surface area contributed by atoms with Gasteiger partial charge in [-0.2, -0.15) is 13.2 Å². The zero-order valence-corrected chi connectivity index (χ0v) is 28.8. The monoisotopic (exact) mass is 718 g/mol. The van der Waals surface area contributed by atoms with Gasteiger partial charge in [-0.15, -0.1) is 11.3 Å². The minimum atomic E-state index is -4.47. The summed E-state index contributed by atoms with van der Waals surface area (Å²) in [4.78, 5) is 47.8. The van der Waals surface area contributed by atoms with Crippen LogP contribution in [0.3, 0.4) is 0 Å². The number of carboxylic acids is 1. The van der Waals surface area contributed by atoms with Gasteiger partial charge in [-0.25, -0.2) is 14.4 Å². The molecule has 5 aromatic rings. The molecule has 0 saturated carbocycles. The number of alkyl halides is 3. The second kappa shape index (κ2) is 14.8. The fraction of sp³-hybridized carbons (Fsp3) is 0.237. The minimum Gasteiger partial charge on any atom is -0.480 e. The fourth-order valence-electron chi connectivity index (χ4n) is 5.10. The Bertz CT molecular complexity index is 2040. The van der Waals surface area contributed by atoms with Gasteiger partial charge in [0.25, 0.3) is 5.91 Å². The average molecular weight is 719 g/mol. The topological polar surface area (TPSA) is 121 Å². The molecule has 3 aromatic carbocycles. The van der Waals surface area contributed by atoms with E-state index in [1.54, 1.807) is 36.4 Å². The molecule has 0 unspecified atom stereocenters. The van der Waals surface area contributed by atoms with E-state index in [1.165, 1.54) is 54.9 Å². The summed E-state index contributed by atoms with van der Waals surface area (Å²) >= 11 is 1.32. The highest BCUT2D eigenvalue weighted by molar-refractivity contribution is 7.14. The number of thiophene rings is 1. The Morgan fingerprint density at radius 2 is 1.41 bits per heavy atom. The van der Waals surface area contributed by atoms with Crippen molar-refractivity contribution < 1.29 is 37.1 Å². The predicted molar refractivity (Wildman–Crippen MR) is 187 cm³/mol. The van der Waals surface area contributed by atoms with E-state index in [1.807, 2.05) is 26.8 Å². The number of nitrogens with zero attached hydrogens (tertiary/aromatic N) is 2. The number of rotatable bonds is 10. The Morgan fingerprint density at radius 1 is 0.804 bits per heavy atom. The van der Waals surface area contributed by atoms with Crippen molar-refractivity contribution >= 4 is 29.1 Å². The van der Waals surface area contributed by atoms with Crippen molar-refractivity contribution in [3.63, 3.8) is 0 Å². The van der Waals surface area contributed by atoms with Crippen LogP contribution in [0.1, 0.15) is 53.4 Å². The quantitative estimate of drug-likeness (QED) is 0.126. The number of hydrogen-bond donors (Lipinski definition) is 3. The Hall–Kier alpha value is -5.43. The van der Waals surface area contributed by atoms with Gasteiger partial charge in [0, 0.05) is 40.4 Å². The molecule has 2 heterocycles. The van der Waals surface area contributed by atoms with Gasteiger partial charge in [-0.3, -0.25) is 14.4 Å². The molecular weight excluding hydrogens is 685 g/mol. The predicted octanol–water partition coefficient (Wildman–Crippen LogP) is 7.92. The molecule has 2 atom stereocenters. The molecule has 0 fully saturated rings. The molecule has 0 spiro atoms. The summed E-state index contributed by atoms with van der Waals surface area (Å²) in [6, 6.07) is 17.1. The molecule has 0 aliphatic carbocycles. The molecule has 5 rings (SSSR count). The highest BCUT2D eigenvalue weighted by atomic mass is 32.1. The standard InChI is InChI=1S/C38H34F4N4O4S/c1-21(36(49)50)45-34(47)30(46-35(48)31-15-16-32(51-31)37(2,3)4)17-22-5-7-24(8-6-22)33-43-19-26(20-44-33)28-14-11-25(18-29(28)39)23-9-12-27(13-10-23)38(40,41)42/h5-16,18-21,30H,17H2,1-4H3,(H,45,47)(H,46,48)(H,49,50)/t21-,30+/m1/s1. The normalized spacial score (nSPS) is 12.9. The van der Waals surface area contributed by atoms with E-state index in [4.69, 9.17) is 0 Å². The second-order valence-electron chi connectivity index (χ2n) is 13.0. The van der Waals surface area contributed by atoms with E-state index in [9.17, 15) is 32.7 Å². The third-order valence-electron chi connectivity index (χ3n) is 8.05. The minimum absolute atomic E-state index is 0.0727. The molecule has 0 aliphatic heterocycles. The van der Waals surface area contributed by atoms with Crippen molar-refractivity contribution in [2.45, 2.75) is 57.8 Å². The number of nitrogens with one attached hydrogen (secondary N) is 2. The summed E-state index contributed by atoms with van der Waals surface area (Å²) < 4.78 is 53.9. The van der Waals surface area contributed by atoms with Crippen LogP contribution in [0, 0.1) is 5.82 Å². The number of halogens is 4. The molecule has 2 amide bonds. The van der Waals surface area contributed by atoms with Gasteiger partial charge in [0.1, 0.15) is 17.9 Å². The molecule has 51 heavy (non-hydrogen) atoms. The van der Waals surface area contributed by atoms with Crippen LogP contribution in [0.25, 0.3) is 33.6 Å². The van der Waals surface area contributed by atoms with Gasteiger partial charge >= 0.3 is 12.1 Å². The Kier molecular flexibility index (Phi) is 10.7. The summed E-state index contributed by atoms with van der Waals surface area (Å²) in [5.74, 6) is -2.56. The summed E-state index contributed by atoms with van der Waals surface area (Å²) in [5, 5.41) is 14.5. The summed E-state index contributed by atoms with van der Waals surface area (Å²) in [6.07, 6.45) is -1.47. The summed E-state index contributed by atoms with van der Waals surface area (Å²) in [6.45, 7) is 7.42. The average Bonchev–Trinajstić information content (AvgIpc) is 3.60. The molecule has 8 nitrogen and oxygen atoms in total. The lowest BCUT2D eigenvalue weighted by molar-refractivity contribution is -0.141. The van der Waals surface area contributed by atoms with Crippen LogP contribution < -0.4 is 10.6 Å². The summed E-state index contributed by atoms with van der Waals surface area (Å²) in [7, 11) is 0. The highest BCUT2D eigenvalue weighted by Crippen LogP contribution is 2.33. The maximum absolute atomic E-state index is 15.1. The number of carbonyl (C=O) groups is 3. The summed E-state index contributed by atoms with van der Waals surface area (Å²) in [5.41, 5.74) is 1.81. The zero-order valence-electron chi connectivity index (χ0n) is 28.0. The number of amides is 2. The Labute approximate surface area is 295 Å². The maximum Gasteiger partial charge on any atom is 0.416 e. The van der Waals surface area contributed by atoms with Crippen LogP contribution in [-0.2, 0) is 27.6 Å². The zero-order chi connectivity index (χ0) is 37.1.